The Bertz CT molecular complexity index is 451. The second kappa shape index (κ2) is 3.46. The van der Waals surface area contributed by atoms with Crippen LogP contribution < -0.4 is 0 Å². The molecule has 3 heteroatoms. The van der Waals surface area contributed by atoms with Crippen LogP contribution in [-0.2, 0) is 9.53 Å². The van der Waals surface area contributed by atoms with Crippen LogP contribution >= 0.6 is 0 Å². The predicted molar refractivity (Wildman–Crippen MR) is 70.5 cm³/mol. The summed E-state index contributed by atoms with van der Waals surface area (Å²) in [4.78, 5) is 16.7. The molecule has 98 valence electrons. The van der Waals surface area contributed by atoms with Crippen LogP contribution in [0, 0.1) is 16.7 Å². The van der Waals surface area contributed by atoms with Crippen LogP contribution in [0.3, 0.4) is 0 Å². The highest BCUT2D eigenvalue weighted by Gasteiger charge is 2.67. The summed E-state index contributed by atoms with van der Waals surface area (Å²) in [5, 5.41) is 0. The van der Waals surface area contributed by atoms with Gasteiger partial charge in [-0.1, -0.05) is 26.8 Å². The van der Waals surface area contributed by atoms with E-state index in [0.717, 1.165) is 12.1 Å². The summed E-state index contributed by atoms with van der Waals surface area (Å²) in [6.45, 7) is 10.5. The van der Waals surface area contributed by atoms with Crippen molar-refractivity contribution in [3.05, 3.63) is 12.7 Å². The molecule has 2 fully saturated rings. The van der Waals surface area contributed by atoms with Gasteiger partial charge in [-0.05, 0) is 24.7 Å². The van der Waals surface area contributed by atoms with Crippen molar-refractivity contribution in [3.8, 4) is 0 Å². The molecule has 3 aliphatic rings. The molecule has 2 aliphatic carbocycles. The highest BCUT2D eigenvalue weighted by Crippen LogP contribution is 2.65. The molecule has 4 atom stereocenters. The van der Waals surface area contributed by atoms with Crippen LogP contribution in [0.5, 0.6) is 0 Å². The molecule has 18 heavy (non-hydrogen) atoms. The number of hydrogen-bond donors (Lipinski definition) is 0. The first-order valence-corrected chi connectivity index (χ1v) is 6.81. The number of esters is 1. The Morgan fingerprint density at radius 3 is 2.89 bits per heavy atom. The molecule has 0 radical (unpaired) electrons. The lowest BCUT2D eigenvalue weighted by atomic mass is 9.70. The number of rotatable bonds is 2. The van der Waals surface area contributed by atoms with Crippen molar-refractivity contribution in [2.75, 3.05) is 0 Å². The highest BCUT2D eigenvalue weighted by atomic mass is 16.5. The molecule has 1 unspecified atom stereocenters. The number of aliphatic imine (C=N–C) groups is 1. The maximum Gasteiger partial charge on any atom is 0.331 e. The van der Waals surface area contributed by atoms with Crippen molar-refractivity contribution < 1.29 is 9.53 Å². The Hall–Kier alpha value is -1.12. The van der Waals surface area contributed by atoms with Crippen LogP contribution in [0.15, 0.2) is 17.6 Å². The molecule has 0 saturated heterocycles. The fourth-order valence-corrected chi connectivity index (χ4v) is 4.10. The lowest BCUT2D eigenvalue weighted by Crippen LogP contribution is -2.46. The summed E-state index contributed by atoms with van der Waals surface area (Å²) in [7, 11) is 0. The zero-order valence-corrected chi connectivity index (χ0v) is 11.4. The van der Waals surface area contributed by atoms with E-state index >= 15 is 0 Å². The molecule has 2 saturated carbocycles. The van der Waals surface area contributed by atoms with Crippen molar-refractivity contribution >= 4 is 11.7 Å². The molecule has 0 amide bonds. The van der Waals surface area contributed by atoms with E-state index in [9.17, 15) is 4.79 Å². The normalized spacial score (nSPS) is 44.3. The molecular weight excluding hydrogens is 226 g/mol. The molecule has 1 heterocycles. The van der Waals surface area contributed by atoms with Crippen molar-refractivity contribution in [1.82, 2.24) is 0 Å². The third kappa shape index (κ3) is 1.20. The minimum absolute atomic E-state index is 0.0608. The lowest BCUT2D eigenvalue weighted by Gasteiger charge is -2.39. The summed E-state index contributed by atoms with van der Waals surface area (Å²) in [5.74, 6) is 0.307. The van der Waals surface area contributed by atoms with Gasteiger partial charge in [-0.2, -0.15) is 0 Å². The van der Waals surface area contributed by atoms with Gasteiger partial charge in [0.15, 0.2) is 6.04 Å². The lowest BCUT2D eigenvalue weighted by molar-refractivity contribution is -0.155. The van der Waals surface area contributed by atoms with E-state index < -0.39 is 0 Å². The first-order chi connectivity index (χ1) is 8.41. The van der Waals surface area contributed by atoms with E-state index in [1.807, 2.05) is 0 Å². The molecule has 3 rings (SSSR count). The van der Waals surface area contributed by atoms with Crippen molar-refractivity contribution in [1.29, 1.82) is 0 Å². The van der Waals surface area contributed by atoms with Gasteiger partial charge in [-0.25, -0.2) is 4.79 Å². The number of ether oxygens (including phenoxy) is 1. The largest absolute Gasteiger partial charge is 0.454 e. The summed E-state index contributed by atoms with van der Waals surface area (Å²) in [6, 6.07) is -0.354. The van der Waals surface area contributed by atoms with Crippen molar-refractivity contribution in [2.45, 2.75) is 52.2 Å². The summed E-state index contributed by atoms with van der Waals surface area (Å²) in [5.41, 5.74) is 1.38. The van der Waals surface area contributed by atoms with Gasteiger partial charge >= 0.3 is 5.97 Å². The number of hydrogen-bond acceptors (Lipinski definition) is 3. The van der Waals surface area contributed by atoms with E-state index in [0.29, 0.717) is 12.3 Å². The monoisotopic (exact) mass is 247 g/mol. The molecule has 3 nitrogen and oxygen atoms in total. The fraction of sp³-hybridized carbons (Fsp3) is 0.733. The molecule has 0 aromatic carbocycles. The van der Waals surface area contributed by atoms with Gasteiger partial charge in [0.1, 0.15) is 6.10 Å². The molecule has 0 N–H and O–H groups in total. The molecule has 0 aromatic heterocycles. The first-order valence-electron chi connectivity index (χ1n) is 6.81. The first kappa shape index (κ1) is 11.9. The van der Waals surface area contributed by atoms with Crippen LogP contribution in [0.1, 0.15) is 40.0 Å². The van der Waals surface area contributed by atoms with Gasteiger partial charge in [-0.15, -0.1) is 6.58 Å². The second-order valence-electron chi connectivity index (χ2n) is 6.64. The zero-order chi connectivity index (χ0) is 13.1. The van der Waals surface area contributed by atoms with E-state index in [-0.39, 0.29) is 28.9 Å². The quantitative estimate of drug-likeness (QED) is 0.556. The average molecular weight is 247 g/mol. The third-order valence-corrected chi connectivity index (χ3v) is 5.70. The van der Waals surface area contributed by atoms with Crippen LogP contribution in [0.4, 0.5) is 0 Å². The fourth-order valence-electron chi connectivity index (χ4n) is 4.10. The topological polar surface area (TPSA) is 38.7 Å². The number of fused-ring (bicyclic) bond motifs is 5. The van der Waals surface area contributed by atoms with Crippen LogP contribution in [-0.4, -0.2) is 23.8 Å². The third-order valence-electron chi connectivity index (χ3n) is 5.70. The van der Waals surface area contributed by atoms with E-state index in [2.05, 4.69) is 27.4 Å². The second-order valence-corrected chi connectivity index (χ2v) is 6.64. The predicted octanol–water partition coefficient (Wildman–Crippen LogP) is 2.75. The van der Waals surface area contributed by atoms with Gasteiger partial charge in [0.2, 0.25) is 0 Å². The number of carbonyl (C=O) groups excluding carboxylic acids is 1. The van der Waals surface area contributed by atoms with Crippen LogP contribution in [0.2, 0.25) is 0 Å². The van der Waals surface area contributed by atoms with Crippen molar-refractivity contribution in [2.24, 2.45) is 21.7 Å². The summed E-state index contributed by atoms with van der Waals surface area (Å²) in [6.07, 6.45) is 4.56. The average Bonchev–Trinajstić information content (AvgIpc) is 2.62. The smallest absolute Gasteiger partial charge is 0.331 e. The molecule has 0 aromatic rings. The van der Waals surface area contributed by atoms with Gasteiger partial charge in [0.25, 0.3) is 0 Å². The minimum Gasteiger partial charge on any atom is -0.454 e. The van der Waals surface area contributed by atoms with Gasteiger partial charge in [0.05, 0.1) is 5.71 Å². The zero-order valence-electron chi connectivity index (χ0n) is 11.4. The summed E-state index contributed by atoms with van der Waals surface area (Å²) < 4.78 is 5.73. The molecular formula is C15H21NO2. The number of carbonyl (C=O) groups is 1. The Morgan fingerprint density at radius 2 is 2.22 bits per heavy atom. The highest BCUT2D eigenvalue weighted by molar-refractivity contribution is 6.01. The van der Waals surface area contributed by atoms with Crippen LogP contribution in [0.25, 0.3) is 0 Å². The maximum absolute atomic E-state index is 12.0. The van der Waals surface area contributed by atoms with Gasteiger partial charge < -0.3 is 4.74 Å². The van der Waals surface area contributed by atoms with E-state index in [1.54, 1.807) is 6.08 Å². The molecule has 2 bridgehead atoms. The Kier molecular flexibility index (Phi) is 2.30. The SMILES string of the molecule is C=CC[C@@H]1N=C2C(OC1=O)[C@]1(C)CC[C@H]2C1(C)C. The van der Waals surface area contributed by atoms with Crippen molar-refractivity contribution in [3.63, 3.8) is 0 Å². The minimum atomic E-state index is -0.354. The summed E-state index contributed by atoms with van der Waals surface area (Å²) >= 11 is 0. The van der Waals surface area contributed by atoms with Gasteiger partial charge in [0, 0.05) is 11.3 Å². The van der Waals surface area contributed by atoms with E-state index in [4.69, 9.17) is 9.73 Å². The van der Waals surface area contributed by atoms with Gasteiger partial charge in [-0.3, -0.25) is 4.99 Å². The standard InChI is InChI=1S/C15H21NO2/c1-5-6-10-13(17)18-12-11(16-10)9-7-8-15(12,4)14(9,2)3/h5,9-10,12H,1,6-8H2,2-4H3/t9-,10+,12?,15+/m1/s1. The Morgan fingerprint density at radius 1 is 1.50 bits per heavy atom. The number of nitrogens with zero attached hydrogens (tertiary/aromatic N) is 1. The Balaban J connectivity index is 2.04. The molecule has 0 spiro atoms. The Labute approximate surface area is 108 Å². The molecule has 1 aliphatic heterocycles. The van der Waals surface area contributed by atoms with E-state index in [1.165, 1.54) is 6.42 Å². The maximum atomic E-state index is 12.0.